The second-order valence-corrected chi connectivity index (χ2v) is 7.90. The topological polar surface area (TPSA) is 96.0 Å². The first kappa shape index (κ1) is 25.2. The normalized spacial score (nSPS) is 19.9. The molecule has 2 aromatic rings. The van der Waals surface area contributed by atoms with E-state index in [2.05, 4.69) is 10.3 Å². The standard InChI is InChI=1S/C24H28F2N2O6/c1-14(29)34-16-7-8-19(28-23(30)17-5-4-10-27-24(17)32-3)18(12-16)15-6-9-20(31-2)21(11-15)33-13-22(25)26/h4-6,9-11,16,18-19,22H,7-8,12-13H2,1-3H3,(H,28,30). The summed E-state index contributed by atoms with van der Waals surface area (Å²) < 4.78 is 46.6. The number of hydrogen-bond acceptors (Lipinski definition) is 7. The van der Waals surface area contributed by atoms with E-state index in [1.165, 1.54) is 27.3 Å². The fourth-order valence-corrected chi connectivity index (χ4v) is 4.18. The molecule has 3 atom stereocenters. The van der Waals surface area contributed by atoms with Gasteiger partial charge in [-0.25, -0.2) is 13.8 Å². The van der Waals surface area contributed by atoms with Gasteiger partial charge in [0.15, 0.2) is 11.5 Å². The van der Waals surface area contributed by atoms with Crippen molar-refractivity contribution in [3.8, 4) is 17.4 Å². The summed E-state index contributed by atoms with van der Waals surface area (Å²) in [6.07, 6.45) is 0.0943. The van der Waals surface area contributed by atoms with Crippen LogP contribution in [-0.4, -0.2) is 56.3 Å². The number of ether oxygens (including phenoxy) is 4. The van der Waals surface area contributed by atoms with Gasteiger partial charge in [0.1, 0.15) is 18.3 Å². The van der Waals surface area contributed by atoms with E-state index in [-0.39, 0.29) is 41.6 Å². The zero-order valence-electron chi connectivity index (χ0n) is 19.3. The predicted octanol–water partition coefficient (Wildman–Crippen LogP) is 3.74. The lowest BCUT2D eigenvalue weighted by atomic mass is 9.78. The molecule has 1 aliphatic rings. The Morgan fingerprint density at radius 1 is 1.15 bits per heavy atom. The minimum Gasteiger partial charge on any atom is -0.493 e. The Hall–Kier alpha value is -3.43. The second kappa shape index (κ2) is 11.6. The summed E-state index contributed by atoms with van der Waals surface area (Å²) in [6.45, 7) is 0.572. The summed E-state index contributed by atoms with van der Waals surface area (Å²) in [6, 6.07) is 7.99. The van der Waals surface area contributed by atoms with E-state index in [0.29, 0.717) is 30.6 Å². The fourth-order valence-electron chi connectivity index (χ4n) is 4.18. The van der Waals surface area contributed by atoms with Crippen LogP contribution >= 0.6 is 0 Å². The molecular weight excluding hydrogens is 450 g/mol. The van der Waals surface area contributed by atoms with Crippen molar-refractivity contribution in [3.05, 3.63) is 47.7 Å². The number of pyridine rings is 1. The van der Waals surface area contributed by atoms with Crippen LogP contribution in [0, 0.1) is 0 Å². The van der Waals surface area contributed by atoms with Gasteiger partial charge in [-0.1, -0.05) is 6.07 Å². The summed E-state index contributed by atoms with van der Waals surface area (Å²) >= 11 is 0. The maximum atomic E-state index is 13.0. The highest BCUT2D eigenvalue weighted by molar-refractivity contribution is 5.96. The number of esters is 1. The first-order chi connectivity index (χ1) is 16.3. The van der Waals surface area contributed by atoms with E-state index in [1.54, 1.807) is 30.3 Å². The largest absolute Gasteiger partial charge is 0.493 e. The highest BCUT2D eigenvalue weighted by Gasteiger charge is 2.35. The number of rotatable bonds is 9. The summed E-state index contributed by atoms with van der Waals surface area (Å²) in [5, 5.41) is 3.04. The van der Waals surface area contributed by atoms with Crippen molar-refractivity contribution in [2.75, 3.05) is 20.8 Å². The Morgan fingerprint density at radius 3 is 2.62 bits per heavy atom. The van der Waals surface area contributed by atoms with Gasteiger partial charge in [0.25, 0.3) is 12.3 Å². The number of methoxy groups -OCH3 is 2. The van der Waals surface area contributed by atoms with Crippen LogP contribution in [0.25, 0.3) is 0 Å². The molecule has 0 aliphatic heterocycles. The molecular formula is C24H28F2N2O6. The third-order valence-corrected chi connectivity index (χ3v) is 5.64. The number of benzene rings is 1. The second-order valence-electron chi connectivity index (χ2n) is 7.90. The van der Waals surface area contributed by atoms with Crippen molar-refractivity contribution in [1.29, 1.82) is 0 Å². The number of alkyl halides is 2. The third-order valence-electron chi connectivity index (χ3n) is 5.64. The molecule has 1 aromatic carbocycles. The lowest BCUT2D eigenvalue weighted by Crippen LogP contribution is -2.44. The van der Waals surface area contributed by atoms with Crippen molar-refractivity contribution in [1.82, 2.24) is 10.3 Å². The smallest absolute Gasteiger partial charge is 0.302 e. The molecule has 8 nitrogen and oxygen atoms in total. The van der Waals surface area contributed by atoms with Crippen molar-refractivity contribution in [2.24, 2.45) is 0 Å². The number of nitrogens with zero attached hydrogens (tertiary/aromatic N) is 1. The van der Waals surface area contributed by atoms with E-state index in [4.69, 9.17) is 18.9 Å². The maximum Gasteiger partial charge on any atom is 0.302 e. The Labute approximate surface area is 196 Å². The van der Waals surface area contributed by atoms with Gasteiger partial charge in [-0.3, -0.25) is 9.59 Å². The Bertz CT molecular complexity index is 1000. The van der Waals surface area contributed by atoms with Crippen LogP contribution in [0.4, 0.5) is 8.78 Å². The third kappa shape index (κ3) is 6.33. The van der Waals surface area contributed by atoms with Crippen molar-refractivity contribution < 1.29 is 37.3 Å². The SMILES string of the molecule is COc1ccc(C2CC(OC(C)=O)CCC2NC(=O)c2cccnc2OC)cc1OCC(F)F. The molecule has 184 valence electrons. The molecule has 1 aliphatic carbocycles. The number of carbonyl (C=O) groups is 2. The molecule has 1 saturated carbocycles. The van der Waals surface area contributed by atoms with E-state index in [0.717, 1.165) is 5.56 Å². The zero-order chi connectivity index (χ0) is 24.7. The molecule has 1 heterocycles. The number of halogens is 2. The number of hydrogen-bond donors (Lipinski definition) is 1. The van der Waals surface area contributed by atoms with Crippen LogP contribution < -0.4 is 19.5 Å². The van der Waals surface area contributed by atoms with Gasteiger partial charge in [0, 0.05) is 25.1 Å². The van der Waals surface area contributed by atoms with Gasteiger partial charge in [-0.05, 0) is 49.1 Å². The molecule has 10 heteroatoms. The lowest BCUT2D eigenvalue weighted by Gasteiger charge is -2.36. The number of nitrogens with one attached hydrogen (secondary N) is 1. The van der Waals surface area contributed by atoms with Crippen molar-refractivity contribution >= 4 is 11.9 Å². The highest BCUT2D eigenvalue weighted by Crippen LogP contribution is 2.39. The molecule has 3 unspecified atom stereocenters. The van der Waals surface area contributed by atoms with E-state index >= 15 is 0 Å². The molecule has 34 heavy (non-hydrogen) atoms. The molecule has 1 amide bonds. The minimum absolute atomic E-state index is 0.175. The summed E-state index contributed by atoms with van der Waals surface area (Å²) in [4.78, 5) is 28.6. The zero-order valence-corrected chi connectivity index (χ0v) is 19.3. The van der Waals surface area contributed by atoms with Crippen LogP contribution in [0.15, 0.2) is 36.5 Å². The molecule has 0 spiro atoms. The number of amides is 1. The van der Waals surface area contributed by atoms with Crippen LogP contribution in [-0.2, 0) is 9.53 Å². The monoisotopic (exact) mass is 478 g/mol. The van der Waals surface area contributed by atoms with E-state index < -0.39 is 13.0 Å². The molecule has 3 rings (SSSR count). The maximum absolute atomic E-state index is 13.0. The first-order valence-corrected chi connectivity index (χ1v) is 10.9. The predicted molar refractivity (Wildman–Crippen MR) is 119 cm³/mol. The average Bonchev–Trinajstić information content (AvgIpc) is 2.83. The molecule has 1 N–H and O–H groups in total. The van der Waals surface area contributed by atoms with E-state index in [1.807, 2.05) is 0 Å². The quantitative estimate of drug-likeness (QED) is 0.549. The van der Waals surface area contributed by atoms with Gasteiger partial charge in [-0.15, -0.1) is 0 Å². The van der Waals surface area contributed by atoms with Gasteiger partial charge in [0.2, 0.25) is 5.88 Å². The van der Waals surface area contributed by atoms with Gasteiger partial charge >= 0.3 is 5.97 Å². The molecule has 1 aromatic heterocycles. The van der Waals surface area contributed by atoms with Crippen molar-refractivity contribution in [2.45, 2.75) is 50.7 Å². The van der Waals surface area contributed by atoms with Crippen molar-refractivity contribution in [3.63, 3.8) is 0 Å². The van der Waals surface area contributed by atoms with E-state index in [9.17, 15) is 18.4 Å². The lowest BCUT2D eigenvalue weighted by molar-refractivity contribution is -0.148. The first-order valence-electron chi connectivity index (χ1n) is 10.9. The Kier molecular flexibility index (Phi) is 8.61. The number of carbonyl (C=O) groups excluding carboxylic acids is 2. The van der Waals surface area contributed by atoms with Crippen LogP contribution in [0.5, 0.6) is 17.4 Å². The van der Waals surface area contributed by atoms with Crippen LogP contribution in [0.1, 0.15) is 48.0 Å². The average molecular weight is 478 g/mol. The van der Waals surface area contributed by atoms with Gasteiger partial charge < -0.3 is 24.3 Å². The number of aromatic nitrogens is 1. The molecule has 0 radical (unpaired) electrons. The summed E-state index contributed by atoms with van der Waals surface area (Å²) in [5.41, 5.74) is 1.03. The molecule has 1 fully saturated rings. The molecule has 0 saturated heterocycles. The molecule has 0 bridgehead atoms. The highest BCUT2D eigenvalue weighted by atomic mass is 19.3. The van der Waals surface area contributed by atoms with Crippen LogP contribution in [0.2, 0.25) is 0 Å². The fraction of sp³-hybridized carbons (Fsp3) is 0.458. The Balaban J connectivity index is 1.89. The van der Waals surface area contributed by atoms with Gasteiger partial charge in [0.05, 0.1) is 14.2 Å². The van der Waals surface area contributed by atoms with Gasteiger partial charge in [-0.2, -0.15) is 0 Å². The Morgan fingerprint density at radius 2 is 1.94 bits per heavy atom. The summed E-state index contributed by atoms with van der Waals surface area (Å²) in [5.74, 6) is -0.316. The van der Waals surface area contributed by atoms with Crippen LogP contribution in [0.3, 0.4) is 0 Å². The minimum atomic E-state index is -2.64. The summed E-state index contributed by atoms with van der Waals surface area (Å²) in [7, 11) is 2.86.